The van der Waals surface area contributed by atoms with Gasteiger partial charge in [0.25, 0.3) is 0 Å². The van der Waals surface area contributed by atoms with Gasteiger partial charge in [-0.15, -0.1) is 0 Å². The molecule has 0 saturated heterocycles. The first kappa shape index (κ1) is 20.2. The van der Waals surface area contributed by atoms with E-state index in [0.717, 1.165) is 35.2 Å². The van der Waals surface area contributed by atoms with Crippen molar-refractivity contribution in [1.29, 1.82) is 0 Å². The summed E-state index contributed by atoms with van der Waals surface area (Å²) in [4.78, 5) is 13.1. The van der Waals surface area contributed by atoms with Gasteiger partial charge in [0.05, 0.1) is 0 Å². The van der Waals surface area contributed by atoms with Crippen LogP contribution in [0, 0.1) is 0 Å². The predicted octanol–water partition coefficient (Wildman–Crippen LogP) is 4.64. The molecule has 1 N–H and O–H groups in total. The lowest BCUT2D eigenvalue weighted by Gasteiger charge is -2.29. The van der Waals surface area contributed by atoms with Crippen molar-refractivity contribution in [1.82, 2.24) is 0 Å². The number of para-hydroxylation sites is 1. The van der Waals surface area contributed by atoms with Crippen molar-refractivity contribution in [2.45, 2.75) is 32.6 Å². The van der Waals surface area contributed by atoms with Crippen molar-refractivity contribution < 1.29 is 9.90 Å². The molecule has 0 unspecified atom stereocenters. The van der Waals surface area contributed by atoms with E-state index in [1.807, 2.05) is 60.4 Å². The highest BCUT2D eigenvalue weighted by molar-refractivity contribution is 7.95. The van der Waals surface area contributed by atoms with Gasteiger partial charge < -0.3 is 5.11 Å². The van der Waals surface area contributed by atoms with Gasteiger partial charge in [-0.3, -0.25) is 4.79 Å². The molecular weight excluding hydrogens is 363 g/mol. The van der Waals surface area contributed by atoms with E-state index in [1.54, 1.807) is 6.07 Å². The summed E-state index contributed by atoms with van der Waals surface area (Å²) in [5, 5.41) is 13.8. The minimum Gasteiger partial charge on any atom is -0.507 e. The van der Waals surface area contributed by atoms with Gasteiger partial charge in [0.1, 0.15) is 5.75 Å². The summed E-state index contributed by atoms with van der Waals surface area (Å²) < 4.78 is 0. The molecule has 0 aliphatic rings. The van der Waals surface area contributed by atoms with Crippen LogP contribution in [0.3, 0.4) is 0 Å². The Morgan fingerprint density at radius 1 is 0.821 bits per heavy atom. The molecule has 0 saturated carbocycles. The van der Waals surface area contributed by atoms with E-state index in [0.29, 0.717) is 6.42 Å². The van der Waals surface area contributed by atoms with E-state index in [1.165, 1.54) is 0 Å². The number of phenols is 1. The number of carbonyl (C=O) groups excluding carboxylic acids is 1. The Bertz CT molecular complexity index is 919. The van der Waals surface area contributed by atoms with Crippen LogP contribution < -0.4 is 15.9 Å². The summed E-state index contributed by atoms with van der Waals surface area (Å²) in [7, 11) is 0. The highest BCUT2D eigenvalue weighted by Crippen LogP contribution is 2.46. The second kappa shape index (κ2) is 9.57. The van der Waals surface area contributed by atoms with Gasteiger partial charge in [-0.2, -0.15) is 0 Å². The highest BCUT2D eigenvalue weighted by atomic mass is 31.2. The zero-order valence-corrected chi connectivity index (χ0v) is 17.2. The third-order valence-electron chi connectivity index (χ3n) is 4.95. The predicted molar refractivity (Wildman–Crippen MR) is 122 cm³/mol. The summed E-state index contributed by atoms with van der Waals surface area (Å²) in [6.45, 7) is -0.280. The van der Waals surface area contributed by atoms with Crippen molar-refractivity contribution in [2.24, 2.45) is 0 Å². The quantitative estimate of drug-likeness (QED) is 0.450. The summed E-state index contributed by atoms with van der Waals surface area (Å²) in [5.41, 5.74) is 0. The average Bonchev–Trinajstić information content (AvgIpc) is 2.74. The highest BCUT2D eigenvalue weighted by Gasteiger charge is 2.28. The molecule has 0 fully saturated rings. The minimum atomic E-state index is -2.42. The van der Waals surface area contributed by atoms with Crippen LogP contribution in [0.5, 0.6) is 5.75 Å². The molecule has 0 amide bonds. The molecule has 0 bridgehead atoms. The van der Waals surface area contributed by atoms with Crippen molar-refractivity contribution in [3.8, 4) is 5.75 Å². The summed E-state index contributed by atoms with van der Waals surface area (Å²) in [5.74, 6) is 2.31. The van der Waals surface area contributed by atoms with Crippen molar-refractivity contribution in [3.63, 3.8) is 0 Å². The van der Waals surface area contributed by atoms with Crippen LogP contribution in [-0.2, 0) is 4.79 Å². The van der Waals surface area contributed by atoms with E-state index >= 15 is 0 Å². The molecule has 28 heavy (non-hydrogen) atoms. The zero-order chi connectivity index (χ0) is 19.8. The summed E-state index contributed by atoms with van der Waals surface area (Å²) in [6, 6.07) is 27.7. The topological polar surface area (TPSA) is 37.3 Å². The van der Waals surface area contributed by atoms with Crippen LogP contribution >= 0.6 is 6.89 Å². The number of hydrogen-bond donors (Lipinski definition) is 1. The molecule has 0 heterocycles. The van der Waals surface area contributed by atoms with Crippen LogP contribution in [0.15, 0.2) is 84.9 Å². The smallest absolute Gasteiger partial charge is 0.156 e. The second-order valence-corrected chi connectivity index (χ2v) is 10.2. The van der Waals surface area contributed by atoms with Gasteiger partial charge in [-0.25, -0.2) is 0 Å². The van der Waals surface area contributed by atoms with Crippen LogP contribution in [0.2, 0.25) is 0 Å². The lowest BCUT2D eigenvalue weighted by Crippen LogP contribution is -2.28. The zero-order valence-electron chi connectivity index (χ0n) is 16.3. The van der Waals surface area contributed by atoms with Crippen LogP contribution in [0.25, 0.3) is 0 Å². The molecule has 0 aromatic heterocycles. The molecule has 0 radical (unpaired) electrons. The van der Waals surface area contributed by atoms with Crippen molar-refractivity contribution >= 4 is 34.4 Å². The Morgan fingerprint density at radius 2 is 1.36 bits per heavy atom. The average molecular weight is 390 g/mol. The Hall–Kier alpha value is -2.57. The third kappa shape index (κ3) is 4.29. The fraction of sp³-hybridized carbons (Fsp3) is 0.200. The SMILES string of the molecule is CCCCCC(=O)C=P(c1ccccc1)(c1ccccc1)c1ccccc1O. The number of ketones is 1. The van der Waals surface area contributed by atoms with Gasteiger partial charge in [0.15, 0.2) is 5.78 Å². The number of phenolic OH excluding ortho intramolecular Hbond substituents is 1. The lowest BCUT2D eigenvalue weighted by atomic mass is 10.2. The fourth-order valence-electron chi connectivity index (χ4n) is 3.56. The molecule has 0 spiro atoms. The van der Waals surface area contributed by atoms with Gasteiger partial charge in [0, 0.05) is 11.7 Å². The number of unbranched alkanes of at least 4 members (excludes halogenated alkanes) is 2. The van der Waals surface area contributed by atoms with E-state index in [-0.39, 0.29) is 11.5 Å². The number of Topliss-reactive ketones (excluding diaryl/α,β-unsaturated/α-hetero) is 1. The molecule has 3 heteroatoms. The molecule has 0 atom stereocenters. The Balaban J connectivity index is 2.30. The first-order chi connectivity index (χ1) is 13.7. The Labute approximate surface area is 167 Å². The van der Waals surface area contributed by atoms with E-state index < -0.39 is 6.89 Å². The number of benzene rings is 3. The molecule has 2 nitrogen and oxygen atoms in total. The maximum Gasteiger partial charge on any atom is 0.156 e. The first-order valence-corrected chi connectivity index (χ1v) is 11.7. The van der Waals surface area contributed by atoms with Gasteiger partial charge in [-0.1, -0.05) is 98.6 Å². The Kier molecular flexibility index (Phi) is 6.90. The van der Waals surface area contributed by atoms with Crippen LogP contribution in [0.4, 0.5) is 0 Å². The van der Waals surface area contributed by atoms with Gasteiger partial charge >= 0.3 is 0 Å². The molecule has 3 aromatic carbocycles. The van der Waals surface area contributed by atoms with Crippen LogP contribution in [-0.4, -0.2) is 16.7 Å². The molecule has 0 aliphatic heterocycles. The molecule has 144 valence electrons. The lowest BCUT2D eigenvalue weighted by molar-refractivity contribution is -0.112. The molecular formula is C25H27O2P. The molecule has 3 aromatic rings. The monoisotopic (exact) mass is 390 g/mol. The number of carbonyl (C=O) groups is 1. The first-order valence-electron chi connectivity index (χ1n) is 9.85. The van der Waals surface area contributed by atoms with E-state index in [2.05, 4.69) is 31.2 Å². The van der Waals surface area contributed by atoms with Gasteiger partial charge in [-0.05, 0) is 35.8 Å². The third-order valence-corrected chi connectivity index (χ3v) is 8.99. The maximum atomic E-state index is 13.1. The number of rotatable bonds is 8. The van der Waals surface area contributed by atoms with Crippen molar-refractivity contribution in [3.05, 3.63) is 84.9 Å². The minimum absolute atomic E-state index is 0.151. The second-order valence-electron chi connectivity index (χ2n) is 6.94. The Morgan fingerprint density at radius 3 is 1.89 bits per heavy atom. The number of aromatic hydroxyl groups is 1. The fourth-order valence-corrected chi connectivity index (χ4v) is 7.46. The van der Waals surface area contributed by atoms with E-state index in [9.17, 15) is 9.90 Å². The summed E-state index contributed by atoms with van der Waals surface area (Å²) in [6.07, 6.45) is 3.59. The molecule has 3 rings (SSSR count). The van der Waals surface area contributed by atoms with Crippen molar-refractivity contribution in [2.75, 3.05) is 0 Å². The molecule has 0 aliphatic carbocycles. The van der Waals surface area contributed by atoms with E-state index in [4.69, 9.17) is 0 Å². The standard InChI is InChI=1S/C25H27O2P/c1-2-3-6-13-21(26)20-28(22-14-7-4-8-15-22,23-16-9-5-10-17-23)25-19-12-11-18-24(25)27/h4-5,7-12,14-20,27H,2-3,6,13H2,1H3. The largest absolute Gasteiger partial charge is 0.507 e. The van der Waals surface area contributed by atoms with Crippen LogP contribution in [0.1, 0.15) is 32.6 Å². The maximum absolute atomic E-state index is 13.1. The number of hydrogen-bond acceptors (Lipinski definition) is 2. The summed E-state index contributed by atoms with van der Waals surface area (Å²) >= 11 is 0. The normalized spacial score (nSPS) is 11.2. The van der Waals surface area contributed by atoms with Gasteiger partial charge in [0.2, 0.25) is 0 Å².